The van der Waals surface area contributed by atoms with Gasteiger partial charge in [-0.25, -0.2) is 0 Å². The highest BCUT2D eigenvalue weighted by atomic mass is 35.5. The molecule has 1 fully saturated rings. The molecule has 1 atom stereocenters. The van der Waals surface area contributed by atoms with Crippen molar-refractivity contribution in [2.45, 2.75) is 25.3 Å². The highest BCUT2D eigenvalue weighted by Crippen LogP contribution is 2.35. The van der Waals surface area contributed by atoms with E-state index in [0.29, 0.717) is 27.9 Å². The van der Waals surface area contributed by atoms with E-state index in [4.69, 9.17) is 22.1 Å². The van der Waals surface area contributed by atoms with E-state index in [-0.39, 0.29) is 24.4 Å². The molecule has 3 N–H and O–H groups in total. The Morgan fingerprint density at radius 1 is 1.32 bits per heavy atom. The molecule has 2 aromatic carbocycles. The van der Waals surface area contributed by atoms with E-state index in [1.54, 1.807) is 12.1 Å². The number of ether oxygens (including phenoxy) is 1. The third-order valence-corrected chi connectivity index (χ3v) is 4.70. The number of rotatable bonds is 6. The maximum Gasteiger partial charge on any atom is 0.255 e. The predicted octanol–water partition coefficient (Wildman–Crippen LogP) is 4.10. The number of nitrogen functional groups attached to an aromatic ring is 1. The molecule has 4 nitrogen and oxygen atoms in total. The number of nitrogens with two attached hydrogens (primary N) is 1. The van der Waals surface area contributed by atoms with Gasteiger partial charge in [0.1, 0.15) is 5.75 Å². The van der Waals surface area contributed by atoms with Crippen molar-refractivity contribution in [1.29, 1.82) is 0 Å². The second-order valence-corrected chi connectivity index (χ2v) is 6.59. The fourth-order valence-corrected chi connectivity index (χ4v) is 3.03. The molecule has 0 heterocycles. The van der Waals surface area contributed by atoms with Gasteiger partial charge >= 0.3 is 0 Å². The van der Waals surface area contributed by atoms with Gasteiger partial charge in [-0.15, -0.1) is 12.4 Å². The molecule has 2 aromatic rings. The molecular formula is C19H22Cl2N2O2. The van der Waals surface area contributed by atoms with Gasteiger partial charge in [0.15, 0.2) is 0 Å². The van der Waals surface area contributed by atoms with Gasteiger partial charge in [0.05, 0.1) is 23.4 Å². The summed E-state index contributed by atoms with van der Waals surface area (Å²) < 4.78 is 5.28. The van der Waals surface area contributed by atoms with Gasteiger partial charge in [-0.05, 0) is 36.8 Å². The number of amides is 1. The minimum Gasteiger partial charge on any atom is -0.496 e. The summed E-state index contributed by atoms with van der Waals surface area (Å²) in [5.74, 6) is 0.787. The van der Waals surface area contributed by atoms with Gasteiger partial charge in [0, 0.05) is 12.1 Å². The zero-order valence-corrected chi connectivity index (χ0v) is 15.6. The Balaban J connectivity index is 0.00000225. The zero-order valence-electron chi connectivity index (χ0n) is 14.0. The van der Waals surface area contributed by atoms with Crippen molar-refractivity contribution in [3.05, 3.63) is 58.6 Å². The lowest BCUT2D eigenvalue weighted by Gasteiger charge is -2.20. The number of nitrogens with one attached hydrogen (secondary N) is 1. The molecule has 1 amide bonds. The van der Waals surface area contributed by atoms with Crippen molar-refractivity contribution >= 4 is 35.6 Å². The van der Waals surface area contributed by atoms with E-state index < -0.39 is 0 Å². The lowest BCUT2D eigenvalue weighted by atomic mass is 10.0. The Labute approximate surface area is 159 Å². The van der Waals surface area contributed by atoms with Crippen LogP contribution in [-0.4, -0.2) is 19.1 Å². The van der Waals surface area contributed by atoms with Crippen molar-refractivity contribution in [3.8, 4) is 5.75 Å². The van der Waals surface area contributed by atoms with E-state index in [9.17, 15) is 4.79 Å². The summed E-state index contributed by atoms with van der Waals surface area (Å²) in [7, 11) is 1.52. The molecule has 0 radical (unpaired) electrons. The molecule has 6 heteroatoms. The molecule has 1 aliphatic rings. The number of hydrogen-bond acceptors (Lipinski definition) is 3. The summed E-state index contributed by atoms with van der Waals surface area (Å²) in [6.45, 7) is 0. The smallest absolute Gasteiger partial charge is 0.255 e. The van der Waals surface area contributed by atoms with Crippen molar-refractivity contribution in [2.24, 2.45) is 5.92 Å². The van der Waals surface area contributed by atoms with Crippen LogP contribution in [0.3, 0.4) is 0 Å². The molecule has 3 rings (SSSR count). The van der Waals surface area contributed by atoms with Gasteiger partial charge in [0.2, 0.25) is 0 Å². The first kappa shape index (κ1) is 19.4. The molecule has 25 heavy (non-hydrogen) atoms. The predicted molar refractivity (Wildman–Crippen MR) is 104 cm³/mol. The average molecular weight is 381 g/mol. The van der Waals surface area contributed by atoms with E-state index in [2.05, 4.69) is 17.4 Å². The second-order valence-electron chi connectivity index (χ2n) is 6.18. The summed E-state index contributed by atoms with van der Waals surface area (Å²) in [6.07, 6.45) is 3.12. The topological polar surface area (TPSA) is 64.3 Å². The lowest BCUT2D eigenvalue weighted by molar-refractivity contribution is 0.0929. The highest BCUT2D eigenvalue weighted by Gasteiger charge is 2.33. The Kier molecular flexibility index (Phi) is 6.57. The molecule has 134 valence electrons. The van der Waals surface area contributed by atoms with Crippen LogP contribution in [0.15, 0.2) is 42.5 Å². The van der Waals surface area contributed by atoms with Crippen LogP contribution in [0.2, 0.25) is 5.02 Å². The van der Waals surface area contributed by atoms with Gasteiger partial charge in [0.25, 0.3) is 5.91 Å². The monoisotopic (exact) mass is 380 g/mol. The Morgan fingerprint density at radius 3 is 2.60 bits per heavy atom. The molecule has 1 saturated carbocycles. The van der Waals surface area contributed by atoms with Crippen molar-refractivity contribution in [2.75, 3.05) is 12.8 Å². The fourth-order valence-electron chi connectivity index (χ4n) is 2.86. The maximum absolute atomic E-state index is 12.7. The van der Waals surface area contributed by atoms with Crippen molar-refractivity contribution < 1.29 is 9.53 Å². The number of methoxy groups -OCH3 is 1. The maximum atomic E-state index is 12.7. The number of anilines is 1. The molecule has 0 bridgehead atoms. The Hall–Kier alpha value is -1.91. The van der Waals surface area contributed by atoms with E-state index in [1.165, 1.54) is 12.7 Å². The molecule has 0 spiro atoms. The van der Waals surface area contributed by atoms with Crippen LogP contribution in [0.4, 0.5) is 5.69 Å². The van der Waals surface area contributed by atoms with Gasteiger partial charge in [-0.3, -0.25) is 4.79 Å². The van der Waals surface area contributed by atoms with Crippen LogP contribution >= 0.6 is 24.0 Å². The SMILES string of the molecule is COc1cc(N)c(Cl)cc1C(=O)NC(Cc1ccccc1)C1CC1.Cl. The standard InChI is InChI=1S/C19H21ClN2O2.ClH/c1-24-18-11-16(21)15(20)10-14(18)19(23)22-17(13-7-8-13)9-12-5-3-2-4-6-12;/h2-6,10-11,13,17H,7-9,21H2,1H3,(H,22,23);1H. The quantitative estimate of drug-likeness (QED) is 0.741. The minimum atomic E-state index is -0.179. The third-order valence-electron chi connectivity index (χ3n) is 4.37. The van der Waals surface area contributed by atoms with Crippen LogP contribution in [0, 0.1) is 5.92 Å². The Morgan fingerprint density at radius 2 is 2.00 bits per heavy atom. The summed E-state index contributed by atoms with van der Waals surface area (Å²) >= 11 is 6.07. The molecule has 0 aliphatic heterocycles. The molecule has 1 unspecified atom stereocenters. The summed E-state index contributed by atoms with van der Waals surface area (Å²) in [4.78, 5) is 12.7. The highest BCUT2D eigenvalue weighted by molar-refractivity contribution is 6.33. The van der Waals surface area contributed by atoms with Crippen molar-refractivity contribution in [3.63, 3.8) is 0 Å². The van der Waals surface area contributed by atoms with Crippen LogP contribution < -0.4 is 15.8 Å². The summed E-state index contributed by atoms with van der Waals surface area (Å²) in [5.41, 5.74) is 7.81. The van der Waals surface area contributed by atoms with Gasteiger partial charge in [-0.1, -0.05) is 41.9 Å². The van der Waals surface area contributed by atoms with Crippen molar-refractivity contribution in [1.82, 2.24) is 5.32 Å². The number of carbonyl (C=O) groups is 1. The molecule has 1 aliphatic carbocycles. The van der Waals surface area contributed by atoms with Gasteiger partial charge < -0.3 is 15.8 Å². The van der Waals surface area contributed by atoms with E-state index in [0.717, 1.165) is 19.3 Å². The average Bonchev–Trinajstić information content (AvgIpc) is 3.42. The van der Waals surface area contributed by atoms with Crippen LogP contribution in [0.1, 0.15) is 28.8 Å². The second kappa shape index (κ2) is 8.45. The van der Waals surface area contributed by atoms with Crippen LogP contribution in [0.25, 0.3) is 0 Å². The number of hydrogen-bond donors (Lipinski definition) is 2. The Bertz CT molecular complexity index is 734. The normalized spacial score (nSPS) is 14.3. The first-order chi connectivity index (χ1) is 11.6. The fraction of sp³-hybridized carbons (Fsp3) is 0.316. The van der Waals surface area contributed by atoms with Crippen LogP contribution in [0.5, 0.6) is 5.75 Å². The third kappa shape index (κ3) is 4.80. The molecular weight excluding hydrogens is 359 g/mol. The van der Waals surface area contributed by atoms with E-state index in [1.807, 2.05) is 18.2 Å². The molecule has 0 saturated heterocycles. The number of halogens is 2. The number of carbonyl (C=O) groups excluding carboxylic acids is 1. The zero-order chi connectivity index (χ0) is 17.1. The first-order valence-corrected chi connectivity index (χ1v) is 8.44. The summed E-state index contributed by atoms with van der Waals surface area (Å²) in [5, 5.41) is 3.50. The number of benzene rings is 2. The van der Waals surface area contributed by atoms with Crippen LogP contribution in [-0.2, 0) is 6.42 Å². The lowest BCUT2D eigenvalue weighted by Crippen LogP contribution is -2.38. The van der Waals surface area contributed by atoms with E-state index >= 15 is 0 Å². The molecule has 0 aromatic heterocycles. The summed E-state index contributed by atoms with van der Waals surface area (Å²) in [6, 6.07) is 13.5. The largest absolute Gasteiger partial charge is 0.496 e. The first-order valence-electron chi connectivity index (χ1n) is 8.06. The minimum absolute atomic E-state index is 0. The van der Waals surface area contributed by atoms with Gasteiger partial charge in [-0.2, -0.15) is 0 Å².